The molecule has 2 fully saturated rings. The van der Waals surface area contributed by atoms with Gasteiger partial charge in [0.2, 0.25) is 5.91 Å². The highest BCUT2D eigenvalue weighted by Gasteiger charge is 2.49. The molecule has 0 spiro atoms. The first-order chi connectivity index (χ1) is 13.3. The highest BCUT2D eigenvalue weighted by atomic mass is 16.2. The van der Waals surface area contributed by atoms with Gasteiger partial charge >= 0.3 is 17.8 Å². The van der Waals surface area contributed by atoms with Gasteiger partial charge in [0.15, 0.2) is 5.78 Å². The maximum absolute atomic E-state index is 12.7. The van der Waals surface area contributed by atoms with E-state index in [9.17, 15) is 24.0 Å². The Kier molecular flexibility index (Phi) is 5.58. The van der Waals surface area contributed by atoms with Crippen LogP contribution < -0.4 is 5.32 Å². The number of nitrogens with one attached hydrogen (secondary N) is 1. The number of Topliss-reactive ketones (excluding diaryl/α,β-unsaturated/α-hetero) is 1. The molecule has 8 heteroatoms. The van der Waals surface area contributed by atoms with Crippen LogP contribution in [-0.4, -0.2) is 51.9 Å². The Hall–Kier alpha value is -3.03. The summed E-state index contributed by atoms with van der Waals surface area (Å²) in [6.45, 7) is 2.83. The molecule has 1 aliphatic heterocycles. The summed E-state index contributed by atoms with van der Waals surface area (Å²) in [5, 5.41) is 2.56. The van der Waals surface area contributed by atoms with Crippen molar-refractivity contribution in [3.63, 3.8) is 0 Å². The van der Waals surface area contributed by atoms with Crippen LogP contribution in [0.3, 0.4) is 0 Å². The molecule has 148 valence electrons. The smallest absolute Gasteiger partial charge is 0.325 e. The lowest BCUT2D eigenvalue weighted by Crippen LogP contribution is -2.46. The molecule has 1 saturated carbocycles. The molecular formula is C20H23N3O5. The molecule has 1 N–H and O–H groups in total. The molecule has 3 rings (SSSR count). The van der Waals surface area contributed by atoms with Gasteiger partial charge in [-0.3, -0.25) is 24.1 Å². The van der Waals surface area contributed by atoms with Crippen molar-refractivity contribution >= 4 is 35.2 Å². The number of rotatable bonds is 5. The zero-order chi connectivity index (χ0) is 20.4. The minimum atomic E-state index is -0.976. The van der Waals surface area contributed by atoms with E-state index in [0.29, 0.717) is 22.6 Å². The van der Waals surface area contributed by atoms with Crippen LogP contribution in [0.15, 0.2) is 24.3 Å². The molecule has 0 bridgehead atoms. The first-order valence-corrected chi connectivity index (χ1v) is 9.39. The van der Waals surface area contributed by atoms with Crippen molar-refractivity contribution in [2.75, 3.05) is 11.9 Å². The van der Waals surface area contributed by atoms with Gasteiger partial charge in [0.05, 0.1) is 0 Å². The number of hydrogen-bond acceptors (Lipinski definition) is 5. The minimum Gasteiger partial charge on any atom is -0.325 e. The SMILES string of the molecule is CC(=O)c1cccc(NC(=O)CN2C(=O)C(=O)N([C@H]3CCCC[C@@H]3C)C2=O)c1. The lowest BCUT2D eigenvalue weighted by atomic mass is 9.85. The Morgan fingerprint density at radius 2 is 1.82 bits per heavy atom. The Labute approximate surface area is 162 Å². The Morgan fingerprint density at radius 3 is 2.50 bits per heavy atom. The van der Waals surface area contributed by atoms with Crippen LogP contribution in [0.1, 0.15) is 49.9 Å². The molecule has 1 aliphatic carbocycles. The third kappa shape index (κ3) is 3.81. The number of anilines is 1. The van der Waals surface area contributed by atoms with Crippen LogP contribution in [-0.2, 0) is 14.4 Å². The molecule has 5 amide bonds. The lowest BCUT2D eigenvalue weighted by Gasteiger charge is -2.34. The summed E-state index contributed by atoms with van der Waals surface area (Å²) in [4.78, 5) is 62.8. The Morgan fingerprint density at radius 1 is 1.11 bits per heavy atom. The fourth-order valence-corrected chi connectivity index (χ4v) is 3.79. The van der Waals surface area contributed by atoms with Crippen LogP contribution in [0, 0.1) is 5.92 Å². The molecule has 2 aliphatic rings. The van der Waals surface area contributed by atoms with E-state index in [1.54, 1.807) is 18.2 Å². The molecule has 28 heavy (non-hydrogen) atoms. The summed E-state index contributed by atoms with van der Waals surface area (Å²) in [6, 6.07) is 5.30. The molecule has 1 aromatic carbocycles. The van der Waals surface area contributed by atoms with Crippen molar-refractivity contribution in [2.24, 2.45) is 5.92 Å². The van der Waals surface area contributed by atoms with Crippen molar-refractivity contribution in [2.45, 2.75) is 45.6 Å². The van der Waals surface area contributed by atoms with Gasteiger partial charge in [-0.2, -0.15) is 0 Å². The summed E-state index contributed by atoms with van der Waals surface area (Å²) in [6.07, 6.45) is 3.49. The Bertz CT molecular complexity index is 850. The predicted octanol–water partition coefficient (Wildman–Crippen LogP) is 2.20. The van der Waals surface area contributed by atoms with E-state index in [1.165, 1.54) is 13.0 Å². The Balaban J connectivity index is 1.70. The zero-order valence-corrected chi connectivity index (χ0v) is 15.9. The van der Waals surface area contributed by atoms with Crippen LogP contribution >= 0.6 is 0 Å². The second-order valence-corrected chi connectivity index (χ2v) is 7.36. The first-order valence-electron chi connectivity index (χ1n) is 9.39. The zero-order valence-electron chi connectivity index (χ0n) is 15.9. The largest absolute Gasteiger partial charge is 0.334 e. The molecule has 1 aromatic rings. The monoisotopic (exact) mass is 385 g/mol. The van der Waals surface area contributed by atoms with E-state index in [0.717, 1.165) is 24.2 Å². The van der Waals surface area contributed by atoms with Gasteiger partial charge in [-0.15, -0.1) is 0 Å². The van der Waals surface area contributed by atoms with Gasteiger partial charge < -0.3 is 5.32 Å². The molecule has 8 nitrogen and oxygen atoms in total. The second kappa shape index (κ2) is 7.92. The number of urea groups is 1. The van der Waals surface area contributed by atoms with Crippen molar-refractivity contribution in [1.29, 1.82) is 0 Å². The maximum Gasteiger partial charge on any atom is 0.334 e. The average Bonchev–Trinajstić information content (AvgIpc) is 2.86. The normalized spacial score (nSPS) is 22.6. The first kappa shape index (κ1) is 19.7. The van der Waals surface area contributed by atoms with Crippen LogP contribution in [0.25, 0.3) is 0 Å². The second-order valence-electron chi connectivity index (χ2n) is 7.36. The van der Waals surface area contributed by atoms with Crippen LogP contribution in [0.5, 0.6) is 0 Å². The minimum absolute atomic E-state index is 0.123. The summed E-state index contributed by atoms with van der Waals surface area (Å²) < 4.78 is 0. The van der Waals surface area contributed by atoms with Gasteiger partial charge in [-0.05, 0) is 37.8 Å². The van der Waals surface area contributed by atoms with E-state index < -0.39 is 30.3 Å². The highest BCUT2D eigenvalue weighted by molar-refractivity contribution is 6.45. The molecule has 2 atom stereocenters. The fraction of sp³-hybridized carbons (Fsp3) is 0.450. The predicted molar refractivity (Wildman–Crippen MR) is 100 cm³/mol. The van der Waals surface area contributed by atoms with Gasteiger partial charge in [-0.1, -0.05) is 31.9 Å². The quantitative estimate of drug-likeness (QED) is 0.475. The number of hydrogen-bond donors (Lipinski definition) is 1. The topological polar surface area (TPSA) is 104 Å². The van der Waals surface area contributed by atoms with Crippen molar-refractivity contribution in [1.82, 2.24) is 9.80 Å². The fourth-order valence-electron chi connectivity index (χ4n) is 3.79. The van der Waals surface area contributed by atoms with Crippen molar-refractivity contribution < 1.29 is 24.0 Å². The molecule has 1 heterocycles. The average molecular weight is 385 g/mol. The lowest BCUT2D eigenvalue weighted by molar-refractivity contribution is -0.145. The number of imide groups is 2. The summed E-state index contributed by atoms with van der Waals surface area (Å²) in [5.41, 5.74) is 0.805. The number of ketones is 1. The number of carbonyl (C=O) groups excluding carboxylic acids is 5. The van der Waals surface area contributed by atoms with E-state index >= 15 is 0 Å². The van der Waals surface area contributed by atoms with E-state index in [4.69, 9.17) is 0 Å². The highest BCUT2D eigenvalue weighted by Crippen LogP contribution is 2.31. The van der Waals surface area contributed by atoms with E-state index in [-0.39, 0.29) is 17.7 Å². The number of amides is 5. The van der Waals surface area contributed by atoms with E-state index in [2.05, 4.69) is 5.32 Å². The summed E-state index contributed by atoms with van der Waals surface area (Å²) >= 11 is 0. The standard InChI is InChI=1S/C20H23N3O5/c1-12-6-3-4-9-16(12)23-19(27)18(26)22(20(23)28)11-17(25)21-15-8-5-7-14(10-15)13(2)24/h5,7-8,10,12,16H,3-4,6,9,11H2,1-2H3,(H,21,25)/t12-,16-/m0/s1. The van der Waals surface area contributed by atoms with Gasteiger partial charge in [0.1, 0.15) is 6.54 Å². The van der Waals surface area contributed by atoms with Crippen LogP contribution in [0.2, 0.25) is 0 Å². The van der Waals surface area contributed by atoms with Crippen molar-refractivity contribution in [3.05, 3.63) is 29.8 Å². The van der Waals surface area contributed by atoms with Crippen molar-refractivity contribution in [3.8, 4) is 0 Å². The number of carbonyl (C=O) groups is 5. The van der Waals surface area contributed by atoms with Gasteiger partial charge in [0.25, 0.3) is 0 Å². The maximum atomic E-state index is 12.7. The summed E-state index contributed by atoms with van der Waals surface area (Å²) in [7, 11) is 0. The van der Waals surface area contributed by atoms with Crippen LogP contribution in [0.4, 0.5) is 10.5 Å². The number of benzene rings is 1. The third-order valence-electron chi connectivity index (χ3n) is 5.34. The van der Waals surface area contributed by atoms with Gasteiger partial charge in [-0.25, -0.2) is 9.69 Å². The molecule has 0 aromatic heterocycles. The molecule has 0 unspecified atom stereocenters. The molecule has 1 saturated heterocycles. The van der Waals surface area contributed by atoms with Gasteiger partial charge in [0, 0.05) is 17.3 Å². The van der Waals surface area contributed by atoms with E-state index in [1.807, 2.05) is 6.92 Å². The molecule has 0 radical (unpaired) electrons. The number of nitrogens with zero attached hydrogens (tertiary/aromatic N) is 2. The molecular weight excluding hydrogens is 362 g/mol. The summed E-state index contributed by atoms with van der Waals surface area (Å²) in [5.74, 6) is -2.49. The third-order valence-corrected chi connectivity index (χ3v) is 5.34.